The number of hydrogen-bond donors (Lipinski definition) is 4. The molecule has 0 bridgehead atoms. The Bertz CT molecular complexity index is 598. The molecule has 1 aliphatic heterocycles. The highest BCUT2D eigenvalue weighted by molar-refractivity contribution is 8.00. The third kappa shape index (κ3) is 5.45. The number of rotatable bonds is 8. The summed E-state index contributed by atoms with van der Waals surface area (Å²) in [6, 6.07) is 9.73. The summed E-state index contributed by atoms with van der Waals surface area (Å²) in [6.45, 7) is 0. The van der Waals surface area contributed by atoms with E-state index >= 15 is 0 Å². The predicted molar refractivity (Wildman–Crippen MR) is 97.7 cm³/mol. The molecule has 2 rings (SSSR count). The van der Waals surface area contributed by atoms with Gasteiger partial charge in [-0.15, -0.1) is 11.8 Å². The van der Waals surface area contributed by atoms with Gasteiger partial charge >= 0.3 is 0 Å². The summed E-state index contributed by atoms with van der Waals surface area (Å²) in [6.07, 6.45) is 0.897. The standard InChI is InChI=1S/C18H26N2O4S/c19-16(22)14(18(24)8-9-25-15(11-18)17(20)23)10-13(21)7-6-12-4-2-1-3-5-12/h1-5,13-15,21,24H,6-11H2,(H2,19,22)(H2,20,23)/t13-,14+,15?,18?/m0/s1. The summed E-state index contributed by atoms with van der Waals surface area (Å²) in [5, 5.41) is 20.7. The van der Waals surface area contributed by atoms with Gasteiger partial charge < -0.3 is 21.7 Å². The number of primary amides is 2. The number of hydrogen-bond acceptors (Lipinski definition) is 5. The van der Waals surface area contributed by atoms with Crippen LogP contribution in [0.1, 0.15) is 31.2 Å². The molecule has 1 aromatic rings. The Hall–Kier alpha value is -1.57. The summed E-state index contributed by atoms with van der Waals surface area (Å²) < 4.78 is 0. The number of aryl methyl sites for hydroxylation is 1. The predicted octanol–water partition coefficient (Wildman–Crippen LogP) is 0.584. The zero-order valence-corrected chi connectivity index (χ0v) is 15.0. The minimum atomic E-state index is -1.40. The smallest absolute Gasteiger partial charge is 0.230 e. The number of carbonyl (C=O) groups is 2. The quantitative estimate of drug-likeness (QED) is 0.535. The Morgan fingerprint density at radius 3 is 2.56 bits per heavy atom. The normalized spacial score (nSPS) is 25.9. The number of nitrogens with two attached hydrogens (primary N) is 2. The summed E-state index contributed by atoms with van der Waals surface area (Å²) in [5.74, 6) is -1.54. The number of thioether (sulfide) groups is 1. The van der Waals surface area contributed by atoms with Gasteiger partial charge in [0.15, 0.2) is 0 Å². The first-order chi connectivity index (χ1) is 11.8. The second-order valence-electron chi connectivity index (χ2n) is 6.69. The molecular formula is C18H26N2O4S. The fraction of sp³-hybridized carbons (Fsp3) is 0.556. The van der Waals surface area contributed by atoms with Crippen molar-refractivity contribution in [1.82, 2.24) is 0 Å². The van der Waals surface area contributed by atoms with Crippen molar-refractivity contribution < 1.29 is 19.8 Å². The average molecular weight is 366 g/mol. The number of amides is 2. The van der Waals surface area contributed by atoms with Crippen LogP contribution in [0.3, 0.4) is 0 Å². The van der Waals surface area contributed by atoms with Crippen LogP contribution >= 0.6 is 11.8 Å². The van der Waals surface area contributed by atoms with E-state index in [1.807, 2.05) is 30.3 Å². The number of aliphatic hydroxyl groups is 2. The largest absolute Gasteiger partial charge is 0.393 e. The molecule has 2 unspecified atom stereocenters. The average Bonchev–Trinajstić information content (AvgIpc) is 2.58. The van der Waals surface area contributed by atoms with Crippen LogP contribution in [-0.4, -0.2) is 44.7 Å². The summed E-state index contributed by atoms with van der Waals surface area (Å²) in [4.78, 5) is 23.4. The van der Waals surface area contributed by atoms with Gasteiger partial charge in [-0.05, 0) is 43.4 Å². The summed E-state index contributed by atoms with van der Waals surface area (Å²) in [7, 11) is 0. The molecule has 0 aliphatic carbocycles. The van der Waals surface area contributed by atoms with E-state index in [-0.39, 0.29) is 12.8 Å². The first-order valence-electron chi connectivity index (χ1n) is 8.46. The highest BCUT2D eigenvalue weighted by atomic mass is 32.2. The van der Waals surface area contributed by atoms with E-state index in [4.69, 9.17) is 11.5 Å². The number of aliphatic hydroxyl groups excluding tert-OH is 1. The monoisotopic (exact) mass is 366 g/mol. The van der Waals surface area contributed by atoms with Gasteiger partial charge in [-0.3, -0.25) is 9.59 Å². The van der Waals surface area contributed by atoms with Crippen LogP contribution in [0.5, 0.6) is 0 Å². The van der Waals surface area contributed by atoms with Gasteiger partial charge in [0.1, 0.15) is 0 Å². The van der Waals surface area contributed by atoms with Crippen molar-refractivity contribution >= 4 is 23.6 Å². The molecule has 0 spiro atoms. The van der Waals surface area contributed by atoms with Gasteiger partial charge in [0.05, 0.1) is 22.9 Å². The van der Waals surface area contributed by atoms with Crippen molar-refractivity contribution in [2.24, 2.45) is 17.4 Å². The van der Waals surface area contributed by atoms with E-state index in [9.17, 15) is 19.8 Å². The van der Waals surface area contributed by atoms with Crippen LogP contribution in [-0.2, 0) is 16.0 Å². The molecule has 0 radical (unpaired) electrons. The Balaban J connectivity index is 1.99. The lowest BCUT2D eigenvalue weighted by molar-refractivity contribution is -0.137. The molecule has 1 heterocycles. The zero-order chi connectivity index (χ0) is 18.4. The molecule has 0 aromatic heterocycles. The lowest BCUT2D eigenvalue weighted by Gasteiger charge is -2.40. The second-order valence-corrected chi connectivity index (χ2v) is 8.00. The van der Waals surface area contributed by atoms with Gasteiger partial charge in [-0.2, -0.15) is 0 Å². The lowest BCUT2D eigenvalue weighted by atomic mass is 9.76. The molecule has 6 nitrogen and oxygen atoms in total. The molecule has 1 saturated heterocycles. The van der Waals surface area contributed by atoms with Crippen LogP contribution in [0.15, 0.2) is 30.3 Å². The molecule has 1 aliphatic rings. The maximum Gasteiger partial charge on any atom is 0.230 e. The minimum absolute atomic E-state index is 0.0782. The Morgan fingerprint density at radius 2 is 1.96 bits per heavy atom. The topological polar surface area (TPSA) is 127 Å². The van der Waals surface area contributed by atoms with Crippen LogP contribution < -0.4 is 11.5 Å². The van der Waals surface area contributed by atoms with Crippen molar-refractivity contribution in [3.8, 4) is 0 Å². The Kier molecular flexibility index (Phi) is 6.87. The minimum Gasteiger partial charge on any atom is -0.393 e. The second kappa shape index (κ2) is 8.69. The molecule has 4 atom stereocenters. The third-order valence-corrected chi connectivity index (χ3v) is 6.06. The van der Waals surface area contributed by atoms with Crippen molar-refractivity contribution in [2.45, 2.75) is 49.1 Å². The molecule has 7 heteroatoms. The fourth-order valence-corrected chi connectivity index (χ4v) is 4.65. The van der Waals surface area contributed by atoms with Gasteiger partial charge in [0.2, 0.25) is 11.8 Å². The first-order valence-corrected chi connectivity index (χ1v) is 9.51. The first kappa shape index (κ1) is 19.8. The molecule has 138 valence electrons. The molecular weight excluding hydrogens is 340 g/mol. The third-order valence-electron chi connectivity index (χ3n) is 4.82. The summed E-state index contributed by atoms with van der Waals surface area (Å²) >= 11 is 1.38. The molecule has 2 amide bonds. The number of benzene rings is 1. The maximum absolute atomic E-state index is 11.9. The zero-order valence-electron chi connectivity index (χ0n) is 14.1. The van der Waals surface area contributed by atoms with Crippen LogP contribution in [0.4, 0.5) is 0 Å². The van der Waals surface area contributed by atoms with Crippen molar-refractivity contribution in [3.63, 3.8) is 0 Å². The molecule has 1 fully saturated rings. The SMILES string of the molecule is NC(=O)C1CC(O)([C@H](C[C@@H](O)CCc2ccccc2)C(N)=O)CCS1. The highest BCUT2D eigenvalue weighted by Gasteiger charge is 2.46. The Morgan fingerprint density at radius 1 is 1.28 bits per heavy atom. The maximum atomic E-state index is 11.9. The van der Waals surface area contributed by atoms with Crippen LogP contribution in [0.25, 0.3) is 0 Å². The molecule has 0 saturated carbocycles. The van der Waals surface area contributed by atoms with E-state index in [1.165, 1.54) is 11.8 Å². The Labute approximate surface area is 152 Å². The molecule has 25 heavy (non-hydrogen) atoms. The van der Waals surface area contributed by atoms with E-state index < -0.39 is 34.7 Å². The molecule has 1 aromatic carbocycles. The van der Waals surface area contributed by atoms with Crippen molar-refractivity contribution in [1.29, 1.82) is 0 Å². The van der Waals surface area contributed by atoms with E-state index in [0.29, 0.717) is 25.0 Å². The van der Waals surface area contributed by atoms with Crippen molar-refractivity contribution in [3.05, 3.63) is 35.9 Å². The van der Waals surface area contributed by atoms with Gasteiger partial charge in [-0.25, -0.2) is 0 Å². The van der Waals surface area contributed by atoms with E-state index in [2.05, 4.69) is 0 Å². The molecule has 6 N–H and O–H groups in total. The van der Waals surface area contributed by atoms with E-state index in [0.717, 1.165) is 5.56 Å². The van der Waals surface area contributed by atoms with Crippen LogP contribution in [0, 0.1) is 5.92 Å². The summed E-state index contributed by atoms with van der Waals surface area (Å²) in [5.41, 5.74) is 10.5. The van der Waals surface area contributed by atoms with E-state index in [1.54, 1.807) is 0 Å². The highest BCUT2D eigenvalue weighted by Crippen LogP contribution is 2.39. The van der Waals surface area contributed by atoms with Crippen LogP contribution in [0.2, 0.25) is 0 Å². The van der Waals surface area contributed by atoms with Gasteiger partial charge in [0, 0.05) is 0 Å². The lowest BCUT2D eigenvalue weighted by Crippen LogP contribution is -2.52. The van der Waals surface area contributed by atoms with Gasteiger partial charge in [0.25, 0.3) is 0 Å². The number of carbonyl (C=O) groups excluding carboxylic acids is 2. The van der Waals surface area contributed by atoms with Gasteiger partial charge in [-0.1, -0.05) is 30.3 Å². The van der Waals surface area contributed by atoms with Crippen molar-refractivity contribution in [2.75, 3.05) is 5.75 Å². The fourth-order valence-electron chi connectivity index (χ4n) is 3.33.